The molecule has 1 aliphatic carbocycles. The van der Waals surface area contributed by atoms with Crippen molar-refractivity contribution in [2.75, 3.05) is 0 Å². The minimum atomic E-state index is 0.873. The molecule has 0 amide bonds. The number of hydrogen-bond donors (Lipinski definition) is 0. The summed E-state index contributed by atoms with van der Waals surface area (Å²) in [5.41, 5.74) is 2.58. The Hall–Kier alpha value is -1.02. The van der Waals surface area contributed by atoms with E-state index >= 15 is 0 Å². The highest BCUT2D eigenvalue weighted by atomic mass is 32.2. The monoisotopic (exact) mass is 257 g/mol. The average molecular weight is 257 g/mol. The minimum Gasteiger partial charge on any atom is -0.256 e. The van der Waals surface area contributed by atoms with Crippen molar-refractivity contribution in [3.8, 4) is 0 Å². The molecule has 94 valence electrons. The summed E-state index contributed by atoms with van der Waals surface area (Å²) in [4.78, 5) is 4.53. The van der Waals surface area contributed by atoms with E-state index < -0.39 is 0 Å². The third-order valence-corrected chi connectivity index (χ3v) is 5.16. The van der Waals surface area contributed by atoms with Crippen molar-refractivity contribution in [3.63, 3.8) is 0 Å². The first kappa shape index (κ1) is 12.0. The molecule has 1 aromatic carbocycles. The van der Waals surface area contributed by atoms with Crippen molar-refractivity contribution in [2.45, 2.75) is 43.1 Å². The lowest BCUT2D eigenvalue weighted by atomic mass is 10.0. The fourth-order valence-corrected chi connectivity index (χ4v) is 4.04. The van der Waals surface area contributed by atoms with Crippen LogP contribution < -0.4 is 0 Å². The molecule has 1 aromatic heterocycles. The second kappa shape index (κ2) is 5.75. The molecule has 0 radical (unpaired) electrons. The molecule has 2 aromatic rings. The van der Waals surface area contributed by atoms with E-state index in [1.54, 1.807) is 0 Å². The first-order valence-electron chi connectivity index (χ1n) is 6.88. The Kier molecular flexibility index (Phi) is 3.84. The number of hydrogen-bond acceptors (Lipinski definition) is 2. The van der Waals surface area contributed by atoms with Gasteiger partial charge >= 0.3 is 0 Å². The quantitative estimate of drug-likeness (QED) is 0.783. The Morgan fingerprint density at radius 1 is 1.06 bits per heavy atom. The van der Waals surface area contributed by atoms with Crippen molar-refractivity contribution in [3.05, 3.63) is 42.1 Å². The van der Waals surface area contributed by atoms with E-state index in [0.717, 1.165) is 11.0 Å². The van der Waals surface area contributed by atoms with E-state index in [0.29, 0.717) is 0 Å². The first-order valence-corrected chi connectivity index (χ1v) is 7.92. The molecular formula is C16H19NS. The van der Waals surface area contributed by atoms with E-state index in [9.17, 15) is 0 Å². The maximum atomic E-state index is 4.53. The highest BCUT2D eigenvalue weighted by molar-refractivity contribution is 7.99. The molecule has 0 saturated heterocycles. The second-order valence-electron chi connectivity index (χ2n) is 5.06. The zero-order valence-electron chi connectivity index (χ0n) is 10.6. The van der Waals surface area contributed by atoms with Crippen LogP contribution in [-0.2, 0) is 5.75 Å². The molecule has 3 rings (SSSR count). The van der Waals surface area contributed by atoms with E-state index in [2.05, 4.69) is 41.0 Å². The largest absolute Gasteiger partial charge is 0.256 e. The van der Waals surface area contributed by atoms with Crippen LogP contribution >= 0.6 is 11.8 Å². The third-order valence-electron chi connectivity index (χ3n) is 3.74. The van der Waals surface area contributed by atoms with Crippen LogP contribution in [0.3, 0.4) is 0 Å². The van der Waals surface area contributed by atoms with Gasteiger partial charge in [0.05, 0.1) is 5.52 Å². The number of nitrogens with zero attached hydrogens (tertiary/aromatic N) is 1. The highest BCUT2D eigenvalue weighted by Gasteiger charge is 2.14. The average Bonchev–Trinajstić information content (AvgIpc) is 2.46. The number of aromatic nitrogens is 1. The smallest absolute Gasteiger partial charge is 0.0742 e. The van der Waals surface area contributed by atoms with Crippen LogP contribution in [0.25, 0.3) is 10.9 Å². The molecule has 18 heavy (non-hydrogen) atoms. The Labute approximate surface area is 113 Å². The number of thioether (sulfide) groups is 1. The fourth-order valence-electron chi connectivity index (χ4n) is 2.72. The Morgan fingerprint density at radius 2 is 1.89 bits per heavy atom. The predicted molar refractivity (Wildman–Crippen MR) is 79.9 cm³/mol. The molecule has 2 heteroatoms. The van der Waals surface area contributed by atoms with Gasteiger partial charge in [-0.1, -0.05) is 43.5 Å². The summed E-state index contributed by atoms with van der Waals surface area (Å²) in [5.74, 6) is 1.11. The molecule has 0 aliphatic heterocycles. The van der Waals surface area contributed by atoms with Crippen molar-refractivity contribution < 1.29 is 0 Å². The van der Waals surface area contributed by atoms with Gasteiger partial charge in [0.2, 0.25) is 0 Å². The SMILES string of the molecule is c1cnc2c(CSC3CCCCC3)cccc2c1. The van der Waals surface area contributed by atoms with E-state index in [1.807, 2.05) is 12.3 Å². The highest BCUT2D eigenvalue weighted by Crippen LogP contribution is 2.31. The topological polar surface area (TPSA) is 12.9 Å². The number of pyridine rings is 1. The van der Waals surface area contributed by atoms with Gasteiger partial charge < -0.3 is 0 Å². The van der Waals surface area contributed by atoms with E-state index in [-0.39, 0.29) is 0 Å². The van der Waals surface area contributed by atoms with Crippen LogP contribution in [0.4, 0.5) is 0 Å². The van der Waals surface area contributed by atoms with Crippen LogP contribution in [0.1, 0.15) is 37.7 Å². The molecule has 1 aliphatic rings. The number of rotatable bonds is 3. The van der Waals surface area contributed by atoms with Gasteiger partial charge in [0.1, 0.15) is 0 Å². The van der Waals surface area contributed by atoms with Crippen molar-refractivity contribution >= 4 is 22.7 Å². The predicted octanol–water partition coefficient (Wildman–Crippen LogP) is 4.80. The molecule has 1 fully saturated rings. The Bertz CT molecular complexity index is 512. The van der Waals surface area contributed by atoms with Crippen LogP contribution in [0, 0.1) is 0 Å². The normalized spacial score (nSPS) is 17.1. The Morgan fingerprint density at radius 3 is 2.78 bits per heavy atom. The molecule has 1 saturated carbocycles. The molecular weight excluding hydrogens is 238 g/mol. The summed E-state index contributed by atoms with van der Waals surface area (Å²) in [6.07, 6.45) is 8.99. The van der Waals surface area contributed by atoms with Crippen molar-refractivity contribution in [1.29, 1.82) is 0 Å². The molecule has 1 heterocycles. The molecule has 1 nitrogen and oxygen atoms in total. The van der Waals surface area contributed by atoms with Crippen LogP contribution in [0.15, 0.2) is 36.5 Å². The summed E-state index contributed by atoms with van der Waals surface area (Å²) in [6.45, 7) is 0. The fraction of sp³-hybridized carbons (Fsp3) is 0.438. The van der Waals surface area contributed by atoms with Gasteiger partial charge in [0.25, 0.3) is 0 Å². The van der Waals surface area contributed by atoms with Crippen LogP contribution in [0.5, 0.6) is 0 Å². The van der Waals surface area contributed by atoms with Gasteiger partial charge in [-0.25, -0.2) is 0 Å². The lowest BCUT2D eigenvalue weighted by molar-refractivity contribution is 0.516. The Balaban J connectivity index is 1.74. The second-order valence-corrected chi connectivity index (χ2v) is 6.35. The summed E-state index contributed by atoms with van der Waals surface area (Å²) < 4.78 is 0. The number of benzene rings is 1. The van der Waals surface area contributed by atoms with Gasteiger partial charge in [-0.2, -0.15) is 11.8 Å². The molecule has 0 bridgehead atoms. The van der Waals surface area contributed by atoms with Crippen LogP contribution in [-0.4, -0.2) is 10.2 Å². The van der Waals surface area contributed by atoms with E-state index in [1.165, 1.54) is 48.6 Å². The third kappa shape index (κ3) is 2.69. The summed E-state index contributed by atoms with van der Waals surface area (Å²) in [7, 11) is 0. The van der Waals surface area contributed by atoms with Gasteiger partial charge in [-0.05, 0) is 24.5 Å². The number of para-hydroxylation sites is 1. The van der Waals surface area contributed by atoms with Gasteiger partial charge in [0.15, 0.2) is 0 Å². The van der Waals surface area contributed by atoms with Crippen LogP contribution in [0.2, 0.25) is 0 Å². The molecule has 0 spiro atoms. The summed E-state index contributed by atoms with van der Waals surface area (Å²) >= 11 is 2.13. The zero-order chi connectivity index (χ0) is 12.2. The zero-order valence-corrected chi connectivity index (χ0v) is 11.5. The van der Waals surface area contributed by atoms with Gasteiger partial charge in [0, 0.05) is 22.6 Å². The van der Waals surface area contributed by atoms with Gasteiger partial charge in [-0.3, -0.25) is 4.98 Å². The van der Waals surface area contributed by atoms with Crippen molar-refractivity contribution in [1.82, 2.24) is 4.98 Å². The minimum absolute atomic E-state index is 0.873. The molecule has 0 unspecified atom stereocenters. The molecule has 0 atom stereocenters. The van der Waals surface area contributed by atoms with E-state index in [4.69, 9.17) is 0 Å². The maximum Gasteiger partial charge on any atom is 0.0742 e. The maximum absolute atomic E-state index is 4.53. The lowest BCUT2D eigenvalue weighted by Gasteiger charge is -2.21. The summed E-state index contributed by atoms with van der Waals surface area (Å²) in [5, 5.41) is 2.14. The van der Waals surface area contributed by atoms with Crippen molar-refractivity contribution in [2.24, 2.45) is 0 Å². The standard InChI is InChI=1S/C16H19NS/c1-2-9-15(10-3-1)18-12-14-7-4-6-13-8-5-11-17-16(13)14/h4-8,11,15H,1-3,9-10,12H2. The lowest BCUT2D eigenvalue weighted by Crippen LogP contribution is -2.08. The first-order chi connectivity index (χ1) is 8.93. The molecule has 0 N–H and O–H groups in total. The number of fused-ring (bicyclic) bond motifs is 1. The van der Waals surface area contributed by atoms with Gasteiger partial charge in [-0.15, -0.1) is 0 Å². The summed E-state index contributed by atoms with van der Waals surface area (Å²) in [6, 6.07) is 10.7.